The van der Waals surface area contributed by atoms with Crippen LogP contribution in [0.4, 0.5) is 0 Å². The molecule has 1 N–H and O–H groups in total. The van der Waals surface area contributed by atoms with Crippen molar-refractivity contribution in [2.45, 2.75) is 96.2 Å². The van der Waals surface area contributed by atoms with Crippen LogP contribution in [-0.2, 0) is 11.2 Å². The molecule has 1 aromatic rings. The molecule has 1 atom stereocenters. The zero-order valence-corrected chi connectivity index (χ0v) is 15.0. The van der Waals surface area contributed by atoms with Crippen LogP contribution in [0.15, 0.2) is 24.3 Å². The standard InChI is InChI=1S/C21H34O2/c1-3-4-5-7-14-21(15-8-6-9-16-21)23-18(2)17-19-10-12-20(22)13-11-19/h10-13,18,22H,3-9,14-17H2,1-2H3. The second kappa shape index (κ2) is 9.32. The van der Waals surface area contributed by atoms with Crippen molar-refractivity contribution in [2.75, 3.05) is 0 Å². The molecule has 0 spiro atoms. The maximum Gasteiger partial charge on any atom is 0.115 e. The lowest BCUT2D eigenvalue weighted by molar-refractivity contribution is -0.113. The van der Waals surface area contributed by atoms with Crippen molar-refractivity contribution in [1.82, 2.24) is 0 Å². The van der Waals surface area contributed by atoms with Gasteiger partial charge in [-0.3, -0.25) is 0 Å². The molecule has 2 rings (SSSR count). The lowest BCUT2D eigenvalue weighted by Crippen LogP contribution is -2.38. The average Bonchev–Trinajstić information content (AvgIpc) is 2.55. The zero-order valence-electron chi connectivity index (χ0n) is 15.0. The van der Waals surface area contributed by atoms with Crippen molar-refractivity contribution in [3.63, 3.8) is 0 Å². The predicted molar refractivity (Wildman–Crippen MR) is 96.9 cm³/mol. The third-order valence-corrected chi connectivity index (χ3v) is 5.16. The van der Waals surface area contributed by atoms with Crippen molar-refractivity contribution >= 4 is 0 Å². The van der Waals surface area contributed by atoms with E-state index in [1.807, 2.05) is 12.1 Å². The predicted octanol–water partition coefficient (Wildman–Crippen LogP) is 6.01. The van der Waals surface area contributed by atoms with Gasteiger partial charge in [-0.25, -0.2) is 0 Å². The number of benzene rings is 1. The van der Waals surface area contributed by atoms with Gasteiger partial charge in [-0.1, -0.05) is 64.0 Å². The van der Waals surface area contributed by atoms with E-state index in [1.54, 1.807) is 12.1 Å². The number of hydrogen-bond acceptors (Lipinski definition) is 2. The summed E-state index contributed by atoms with van der Waals surface area (Å²) in [6, 6.07) is 7.54. The summed E-state index contributed by atoms with van der Waals surface area (Å²) in [7, 11) is 0. The minimum Gasteiger partial charge on any atom is -0.508 e. The highest BCUT2D eigenvalue weighted by molar-refractivity contribution is 5.26. The highest BCUT2D eigenvalue weighted by Crippen LogP contribution is 2.37. The van der Waals surface area contributed by atoms with Gasteiger partial charge in [0.05, 0.1) is 11.7 Å². The summed E-state index contributed by atoms with van der Waals surface area (Å²) in [6.45, 7) is 4.47. The highest BCUT2D eigenvalue weighted by Gasteiger charge is 2.33. The number of phenolic OH excluding ortho intramolecular Hbond substituents is 1. The molecule has 0 amide bonds. The van der Waals surface area contributed by atoms with Crippen LogP contribution in [0.25, 0.3) is 0 Å². The van der Waals surface area contributed by atoms with Gasteiger partial charge in [0.25, 0.3) is 0 Å². The molecule has 23 heavy (non-hydrogen) atoms. The Labute approximate surface area is 142 Å². The Morgan fingerprint density at radius 1 is 1.04 bits per heavy atom. The summed E-state index contributed by atoms with van der Waals surface area (Å²) in [5, 5.41) is 9.40. The summed E-state index contributed by atoms with van der Waals surface area (Å²) < 4.78 is 6.63. The number of rotatable bonds is 9. The maximum atomic E-state index is 9.40. The van der Waals surface area contributed by atoms with Gasteiger partial charge in [0.2, 0.25) is 0 Å². The molecule has 0 aromatic heterocycles. The van der Waals surface area contributed by atoms with E-state index in [0.29, 0.717) is 5.75 Å². The van der Waals surface area contributed by atoms with E-state index in [9.17, 15) is 5.11 Å². The first kappa shape index (κ1) is 18.3. The van der Waals surface area contributed by atoms with Crippen molar-refractivity contribution in [3.05, 3.63) is 29.8 Å². The second-order valence-corrected chi connectivity index (χ2v) is 7.35. The summed E-state index contributed by atoms with van der Waals surface area (Å²) in [4.78, 5) is 0. The highest BCUT2D eigenvalue weighted by atomic mass is 16.5. The molecule has 1 unspecified atom stereocenters. The normalized spacial score (nSPS) is 18.7. The molecule has 1 aromatic carbocycles. The number of aromatic hydroxyl groups is 1. The van der Waals surface area contributed by atoms with Crippen molar-refractivity contribution < 1.29 is 9.84 Å². The largest absolute Gasteiger partial charge is 0.508 e. The second-order valence-electron chi connectivity index (χ2n) is 7.35. The Morgan fingerprint density at radius 2 is 1.74 bits per heavy atom. The van der Waals surface area contributed by atoms with Gasteiger partial charge < -0.3 is 9.84 Å². The molecule has 0 saturated heterocycles. The lowest BCUT2D eigenvalue weighted by atomic mass is 9.80. The molecule has 0 heterocycles. The van der Waals surface area contributed by atoms with Gasteiger partial charge in [0.1, 0.15) is 5.75 Å². The Kier molecular flexibility index (Phi) is 7.42. The third-order valence-electron chi connectivity index (χ3n) is 5.16. The first-order chi connectivity index (χ1) is 11.1. The molecule has 2 heteroatoms. The number of unbranched alkanes of at least 4 members (excludes halogenated alkanes) is 3. The van der Waals surface area contributed by atoms with E-state index >= 15 is 0 Å². The van der Waals surface area contributed by atoms with Crippen LogP contribution in [0.3, 0.4) is 0 Å². The monoisotopic (exact) mass is 318 g/mol. The Bertz CT molecular complexity index is 432. The van der Waals surface area contributed by atoms with Crippen LogP contribution >= 0.6 is 0 Å². The zero-order chi connectivity index (χ0) is 16.5. The summed E-state index contributed by atoms with van der Waals surface area (Å²) in [6.07, 6.45) is 14.2. The Balaban J connectivity index is 1.89. The molecular weight excluding hydrogens is 284 g/mol. The fourth-order valence-electron chi connectivity index (χ4n) is 3.93. The molecule has 2 nitrogen and oxygen atoms in total. The fourth-order valence-corrected chi connectivity index (χ4v) is 3.93. The Morgan fingerprint density at radius 3 is 2.39 bits per heavy atom. The molecule has 0 radical (unpaired) electrons. The first-order valence-corrected chi connectivity index (χ1v) is 9.59. The molecule has 130 valence electrons. The molecule has 1 fully saturated rings. The van der Waals surface area contributed by atoms with Gasteiger partial charge in [-0.15, -0.1) is 0 Å². The third kappa shape index (κ3) is 6.18. The number of phenols is 1. The van der Waals surface area contributed by atoms with Crippen molar-refractivity contribution in [2.24, 2.45) is 0 Å². The van der Waals surface area contributed by atoms with E-state index in [0.717, 1.165) is 6.42 Å². The summed E-state index contributed by atoms with van der Waals surface area (Å²) >= 11 is 0. The van der Waals surface area contributed by atoms with Crippen molar-refractivity contribution in [3.8, 4) is 5.75 Å². The van der Waals surface area contributed by atoms with Crippen LogP contribution in [0.2, 0.25) is 0 Å². The fraction of sp³-hybridized carbons (Fsp3) is 0.714. The van der Waals surface area contributed by atoms with Gasteiger partial charge >= 0.3 is 0 Å². The quantitative estimate of drug-likeness (QED) is 0.565. The summed E-state index contributed by atoms with van der Waals surface area (Å²) in [5.74, 6) is 0.335. The van der Waals surface area contributed by atoms with Gasteiger partial charge in [0.15, 0.2) is 0 Å². The average molecular weight is 319 g/mol. The van der Waals surface area contributed by atoms with Crippen LogP contribution < -0.4 is 0 Å². The van der Waals surface area contributed by atoms with Crippen LogP contribution in [0, 0.1) is 0 Å². The van der Waals surface area contributed by atoms with Gasteiger partial charge in [-0.2, -0.15) is 0 Å². The van der Waals surface area contributed by atoms with Gasteiger partial charge in [0, 0.05) is 0 Å². The van der Waals surface area contributed by atoms with Crippen LogP contribution in [0.5, 0.6) is 5.75 Å². The Hall–Kier alpha value is -1.02. The lowest BCUT2D eigenvalue weighted by Gasteiger charge is -2.40. The van der Waals surface area contributed by atoms with E-state index in [4.69, 9.17) is 4.74 Å². The molecule has 1 saturated carbocycles. The van der Waals surface area contributed by atoms with Crippen LogP contribution in [0.1, 0.15) is 83.6 Å². The van der Waals surface area contributed by atoms with Crippen LogP contribution in [-0.4, -0.2) is 16.8 Å². The van der Waals surface area contributed by atoms with Gasteiger partial charge in [-0.05, 0) is 50.3 Å². The molecule has 1 aliphatic rings. The molecule has 1 aliphatic carbocycles. The molecule has 0 aliphatic heterocycles. The minimum absolute atomic E-state index is 0.127. The summed E-state index contributed by atoms with van der Waals surface area (Å²) in [5.41, 5.74) is 1.37. The van der Waals surface area contributed by atoms with Crippen molar-refractivity contribution in [1.29, 1.82) is 0 Å². The number of hydrogen-bond donors (Lipinski definition) is 1. The molecular formula is C21H34O2. The number of ether oxygens (including phenoxy) is 1. The smallest absolute Gasteiger partial charge is 0.115 e. The maximum absolute atomic E-state index is 9.40. The topological polar surface area (TPSA) is 29.5 Å². The SMILES string of the molecule is CCCCCCC1(OC(C)Cc2ccc(O)cc2)CCCCC1. The van der Waals surface area contributed by atoms with E-state index < -0.39 is 0 Å². The van der Waals surface area contributed by atoms with E-state index in [2.05, 4.69) is 13.8 Å². The van der Waals surface area contributed by atoms with E-state index in [-0.39, 0.29) is 11.7 Å². The van der Waals surface area contributed by atoms with E-state index in [1.165, 1.54) is 69.8 Å². The minimum atomic E-state index is 0.127. The molecule has 0 bridgehead atoms. The first-order valence-electron chi connectivity index (χ1n) is 9.59.